The van der Waals surface area contributed by atoms with Crippen molar-refractivity contribution in [1.29, 1.82) is 0 Å². The Morgan fingerprint density at radius 2 is 2.14 bits per heavy atom. The van der Waals surface area contributed by atoms with E-state index in [9.17, 15) is 9.59 Å². The lowest BCUT2D eigenvalue weighted by atomic mass is 10.2. The number of carbonyl (C=O) groups is 1. The molecule has 0 aliphatic rings. The summed E-state index contributed by atoms with van der Waals surface area (Å²) in [5, 5.41) is 8.37. The number of esters is 1. The highest BCUT2D eigenvalue weighted by Gasteiger charge is 2.10. The molecule has 7 nitrogen and oxygen atoms in total. The zero-order valence-corrected chi connectivity index (χ0v) is 14.0. The van der Waals surface area contributed by atoms with Crippen LogP contribution in [0.1, 0.15) is 13.3 Å². The van der Waals surface area contributed by atoms with Gasteiger partial charge in [-0.25, -0.2) is 4.68 Å². The molecular formula is C14H17BrN4O3. The maximum atomic E-state index is 11.3. The van der Waals surface area contributed by atoms with Crippen LogP contribution in [0.2, 0.25) is 0 Å². The molecule has 2 heterocycles. The Labute approximate surface area is 138 Å². The van der Waals surface area contributed by atoms with Crippen molar-refractivity contribution >= 4 is 5.97 Å². The summed E-state index contributed by atoms with van der Waals surface area (Å²) in [6, 6.07) is 4.96. The Bertz CT molecular complexity index is 685. The van der Waals surface area contributed by atoms with Crippen LogP contribution >= 0.6 is 0 Å². The third-order valence-electron chi connectivity index (χ3n) is 2.88. The average Bonchev–Trinajstić information content (AvgIpc) is 2.49. The Kier molecular flexibility index (Phi) is 6.84. The monoisotopic (exact) mass is 368 g/mol. The summed E-state index contributed by atoms with van der Waals surface area (Å²) in [7, 11) is 1.60. The van der Waals surface area contributed by atoms with E-state index in [1.165, 1.54) is 10.7 Å². The van der Waals surface area contributed by atoms with Crippen molar-refractivity contribution in [3.63, 3.8) is 0 Å². The number of rotatable bonds is 5. The largest absolute Gasteiger partial charge is 1.00 e. The van der Waals surface area contributed by atoms with Gasteiger partial charge in [-0.3, -0.25) is 9.59 Å². The molecule has 0 atom stereocenters. The third-order valence-corrected chi connectivity index (χ3v) is 2.88. The normalized spacial score (nSPS) is 9.91. The van der Waals surface area contributed by atoms with Crippen LogP contribution in [0.3, 0.4) is 0 Å². The first kappa shape index (κ1) is 18.0. The van der Waals surface area contributed by atoms with Crippen LogP contribution in [0, 0.1) is 0 Å². The molecule has 118 valence electrons. The van der Waals surface area contributed by atoms with E-state index in [1.54, 1.807) is 37.1 Å². The molecule has 0 spiro atoms. The van der Waals surface area contributed by atoms with Crippen molar-refractivity contribution in [3.8, 4) is 11.3 Å². The van der Waals surface area contributed by atoms with Gasteiger partial charge in [0.25, 0.3) is 5.56 Å². The van der Waals surface area contributed by atoms with Gasteiger partial charge in [0.15, 0.2) is 12.7 Å². The van der Waals surface area contributed by atoms with Gasteiger partial charge in [-0.15, -0.1) is 0 Å². The molecular weight excluding hydrogens is 352 g/mol. The summed E-state index contributed by atoms with van der Waals surface area (Å²) >= 11 is 0. The number of halogens is 1. The SMILES string of the molecule is CCOC(=O)CC[n+]1ccc(-c2ccc(=O)n(C)n2)cn1.[Br-]. The quantitative estimate of drug-likeness (QED) is 0.417. The maximum absolute atomic E-state index is 11.3. The van der Waals surface area contributed by atoms with Crippen molar-refractivity contribution in [2.75, 3.05) is 6.61 Å². The lowest BCUT2D eigenvalue weighted by molar-refractivity contribution is -0.752. The molecule has 0 N–H and O–H groups in total. The zero-order valence-electron chi connectivity index (χ0n) is 12.4. The highest BCUT2D eigenvalue weighted by Crippen LogP contribution is 2.11. The molecule has 2 aromatic rings. The van der Waals surface area contributed by atoms with Gasteiger partial charge in [0.05, 0.1) is 12.3 Å². The highest BCUT2D eigenvalue weighted by molar-refractivity contribution is 5.68. The van der Waals surface area contributed by atoms with E-state index in [2.05, 4.69) is 10.2 Å². The van der Waals surface area contributed by atoms with E-state index in [-0.39, 0.29) is 34.9 Å². The summed E-state index contributed by atoms with van der Waals surface area (Å²) in [6.07, 6.45) is 3.70. The van der Waals surface area contributed by atoms with Crippen LogP contribution < -0.4 is 27.2 Å². The maximum Gasteiger partial charge on any atom is 0.312 e. The van der Waals surface area contributed by atoms with Crippen LogP contribution in [0.15, 0.2) is 35.4 Å². The molecule has 0 fully saturated rings. The molecule has 0 aliphatic heterocycles. The summed E-state index contributed by atoms with van der Waals surface area (Å²) < 4.78 is 7.79. The summed E-state index contributed by atoms with van der Waals surface area (Å²) in [5.74, 6) is -0.240. The van der Waals surface area contributed by atoms with Crippen molar-refractivity contribution in [3.05, 3.63) is 40.9 Å². The van der Waals surface area contributed by atoms with Gasteiger partial charge in [0.2, 0.25) is 0 Å². The molecule has 0 amide bonds. The molecule has 2 aromatic heterocycles. The Hall–Kier alpha value is -2.09. The topological polar surface area (TPSA) is 78.0 Å². The lowest BCUT2D eigenvalue weighted by Gasteiger charge is -2.01. The fourth-order valence-electron chi connectivity index (χ4n) is 1.76. The molecule has 0 bridgehead atoms. The van der Waals surface area contributed by atoms with E-state index < -0.39 is 0 Å². The molecule has 22 heavy (non-hydrogen) atoms. The second kappa shape index (κ2) is 8.38. The fourth-order valence-corrected chi connectivity index (χ4v) is 1.76. The number of hydrogen-bond donors (Lipinski definition) is 0. The molecule has 0 saturated heterocycles. The van der Waals surface area contributed by atoms with Gasteiger partial charge in [-0.1, -0.05) is 4.68 Å². The lowest BCUT2D eigenvalue weighted by Crippen LogP contribution is -3.00. The Morgan fingerprint density at radius 1 is 1.36 bits per heavy atom. The molecule has 0 saturated carbocycles. The standard InChI is InChI=1S/C14H17N4O3.BrH/c1-3-21-14(20)7-9-18-8-6-11(10-15-18)12-4-5-13(19)17(2)16-12;/h4-6,8,10H,3,7,9H2,1-2H3;1H/q+1;/p-1. The summed E-state index contributed by atoms with van der Waals surface area (Å²) in [5.41, 5.74) is 1.31. The molecule has 8 heteroatoms. The van der Waals surface area contributed by atoms with Gasteiger partial charge >= 0.3 is 5.97 Å². The van der Waals surface area contributed by atoms with E-state index in [0.717, 1.165) is 5.56 Å². The molecule has 0 aliphatic carbocycles. The third kappa shape index (κ3) is 4.73. The summed E-state index contributed by atoms with van der Waals surface area (Å²) in [4.78, 5) is 22.6. The minimum atomic E-state index is -0.240. The number of hydrogen-bond acceptors (Lipinski definition) is 5. The minimum absolute atomic E-state index is 0. The van der Waals surface area contributed by atoms with Gasteiger partial charge in [-0.05, 0) is 18.1 Å². The van der Waals surface area contributed by atoms with E-state index >= 15 is 0 Å². The van der Waals surface area contributed by atoms with Crippen LogP contribution in [0.5, 0.6) is 0 Å². The van der Waals surface area contributed by atoms with Gasteiger partial charge in [0, 0.05) is 24.7 Å². The van der Waals surface area contributed by atoms with Crippen LogP contribution in [0.25, 0.3) is 11.3 Å². The Morgan fingerprint density at radius 3 is 2.73 bits per heavy atom. The summed E-state index contributed by atoms with van der Waals surface area (Å²) in [6.45, 7) is 2.62. The minimum Gasteiger partial charge on any atom is -1.00 e. The second-order valence-electron chi connectivity index (χ2n) is 4.41. The highest BCUT2D eigenvalue weighted by atomic mass is 79.9. The van der Waals surface area contributed by atoms with Crippen molar-refractivity contribution in [1.82, 2.24) is 14.9 Å². The Balaban J connectivity index is 0.00000242. The number of ether oxygens (including phenoxy) is 1. The zero-order chi connectivity index (χ0) is 15.2. The molecule has 0 radical (unpaired) electrons. The average molecular weight is 369 g/mol. The fraction of sp³-hybridized carbons (Fsp3) is 0.357. The van der Waals surface area contributed by atoms with Gasteiger partial charge in [0.1, 0.15) is 12.6 Å². The van der Waals surface area contributed by atoms with Gasteiger partial charge < -0.3 is 21.7 Å². The smallest absolute Gasteiger partial charge is 0.312 e. The molecule has 0 unspecified atom stereocenters. The second-order valence-corrected chi connectivity index (χ2v) is 4.41. The molecule has 0 aromatic carbocycles. The van der Waals surface area contributed by atoms with Crippen LogP contribution in [-0.4, -0.2) is 27.5 Å². The predicted molar refractivity (Wildman–Crippen MR) is 74.2 cm³/mol. The number of carbonyl (C=O) groups excluding carboxylic acids is 1. The van der Waals surface area contributed by atoms with E-state index in [1.807, 2.05) is 6.07 Å². The number of aromatic nitrogens is 4. The first-order valence-corrected chi connectivity index (χ1v) is 6.66. The van der Waals surface area contributed by atoms with E-state index in [4.69, 9.17) is 4.74 Å². The van der Waals surface area contributed by atoms with Crippen molar-refractivity contribution < 1.29 is 31.2 Å². The number of nitrogens with zero attached hydrogens (tertiary/aromatic N) is 4. The van der Waals surface area contributed by atoms with Crippen molar-refractivity contribution in [2.45, 2.75) is 19.9 Å². The van der Waals surface area contributed by atoms with Crippen molar-refractivity contribution in [2.24, 2.45) is 7.05 Å². The van der Waals surface area contributed by atoms with Crippen LogP contribution in [-0.2, 0) is 23.1 Å². The predicted octanol–water partition coefficient (Wildman–Crippen LogP) is -2.91. The van der Waals surface area contributed by atoms with E-state index in [0.29, 0.717) is 18.8 Å². The van der Waals surface area contributed by atoms with Crippen LogP contribution in [0.4, 0.5) is 0 Å². The van der Waals surface area contributed by atoms with Gasteiger partial charge in [-0.2, -0.15) is 5.10 Å². The molecule has 2 rings (SSSR count). The number of aryl methyl sites for hydroxylation is 2. The first-order valence-electron chi connectivity index (χ1n) is 6.66. The first-order chi connectivity index (χ1) is 10.1.